The molecule has 2 heterocycles. The van der Waals surface area contributed by atoms with Crippen molar-refractivity contribution in [2.75, 3.05) is 13.2 Å². The van der Waals surface area contributed by atoms with Crippen molar-refractivity contribution in [2.45, 2.75) is 38.0 Å². The van der Waals surface area contributed by atoms with E-state index in [9.17, 15) is 4.79 Å². The lowest BCUT2D eigenvalue weighted by Gasteiger charge is -2.36. The summed E-state index contributed by atoms with van der Waals surface area (Å²) in [6.45, 7) is 5.97. The summed E-state index contributed by atoms with van der Waals surface area (Å²) >= 11 is 0. The number of piperidine rings is 1. The number of nitrogens with zero attached hydrogens (tertiary/aromatic N) is 1. The van der Waals surface area contributed by atoms with Crippen molar-refractivity contribution in [3.05, 3.63) is 53.8 Å². The first-order valence-electron chi connectivity index (χ1n) is 7.56. The minimum atomic E-state index is 0.200. The molecule has 0 N–H and O–H groups in total. The predicted octanol–water partition coefficient (Wildman–Crippen LogP) is 2.72. The van der Waals surface area contributed by atoms with E-state index in [2.05, 4.69) is 29.3 Å². The Morgan fingerprint density at radius 2 is 2.10 bits per heavy atom. The summed E-state index contributed by atoms with van der Waals surface area (Å²) in [5.41, 5.74) is 5.38. The Kier molecular flexibility index (Phi) is 4.35. The Labute approximate surface area is 125 Å². The number of ketones is 1. The minimum Gasteiger partial charge on any atom is -0.375 e. The molecule has 2 atom stereocenters. The third kappa shape index (κ3) is 3.16. The summed E-state index contributed by atoms with van der Waals surface area (Å²) < 4.78 is 5.85. The van der Waals surface area contributed by atoms with Crippen molar-refractivity contribution in [1.82, 2.24) is 4.90 Å². The Balaban J connectivity index is 1.59. The van der Waals surface area contributed by atoms with Crippen LogP contribution in [0.5, 0.6) is 0 Å². The summed E-state index contributed by atoms with van der Waals surface area (Å²) in [5, 5.41) is 0. The average Bonchev–Trinajstić information content (AvgIpc) is 2.91. The maximum Gasteiger partial charge on any atom is 0.136 e. The Bertz CT molecular complexity index is 560. The molecule has 0 aromatic heterocycles. The van der Waals surface area contributed by atoms with E-state index in [1.165, 1.54) is 11.1 Å². The summed E-state index contributed by atoms with van der Waals surface area (Å²) in [7, 11) is 0. The number of carbonyl (C=O) groups is 1. The maximum absolute atomic E-state index is 12.0. The SMILES string of the molecule is C=C=C1CCN2[C@@H](COCc3ccccc3)CC(=O)C[C@H]12. The fraction of sp³-hybridized carbons (Fsp3) is 0.444. The van der Waals surface area contributed by atoms with Crippen LogP contribution in [0.3, 0.4) is 0 Å². The van der Waals surface area contributed by atoms with E-state index in [-0.39, 0.29) is 12.1 Å². The number of Topliss-reactive ketones (excluding diaryl/α,β-unsaturated/α-hetero) is 1. The standard InChI is InChI=1S/C18H21NO2/c1-2-15-8-9-19-16(10-17(20)11-18(15)19)13-21-12-14-6-4-3-5-7-14/h3-7,16,18H,1,8-13H2/t16-,18-/m1/s1. The number of fused-ring (bicyclic) bond motifs is 1. The molecule has 0 aliphatic carbocycles. The van der Waals surface area contributed by atoms with Crippen LogP contribution in [0.4, 0.5) is 0 Å². The zero-order valence-electron chi connectivity index (χ0n) is 12.3. The topological polar surface area (TPSA) is 29.5 Å². The maximum atomic E-state index is 12.0. The molecule has 2 fully saturated rings. The number of ether oxygens (including phenoxy) is 1. The lowest BCUT2D eigenvalue weighted by atomic mass is 9.93. The number of benzene rings is 1. The third-order valence-electron chi connectivity index (χ3n) is 4.44. The molecule has 21 heavy (non-hydrogen) atoms. The summed E-state index contributed by atoms with van der Waals surface area (Å²) in [6.07, 6.45) is 2.21. The molecule has 3 nitrogen and oxygen atoms in total. The zero-order valence-corrected chi connectivity index (χ0v) is 12.3. The molecule has 0 spiro atoms. The van der Waals surface area contributed by atoms with Gasteiger partial charge in [0.25, 0.3) is 0 Å². The van der Waals surface area contributed by atoms with Crippen LogP contribution in [0.1, 0.15) is 24.8 Å². The van der Waals surface area contributed by atoms with Gasteiger partial charge in [-0.3, -0.25) is 9.69 Å². The van der Waals surface area contributed by atoms with E-state index in [1.807, 2.05) is 18.2 Å². The normalized spacial score (nSPS) is 25.7. The van der Waals surface area contributed by atoms with Gasteiger partial charge in [0.15, 0.2) is 0 Å². The fourth-order valence-corrected chi connectivity index (χ4v) is 3.38. The van der Waals surface area contributed by atoms with Gasteiger partial charge in [0, 0.05) is 31.5 Å². The highest BCUT2D eigenvalue weighted by molar-refractivity contribution is 5.81. The molecule has 2 saturated heterocycles. The molecule has 0 amide bonds. The molecule has 110 valence electrons. The smallest absolute Gasteiger partial charge is 0.136 e. The molecular formula is C18H21NO2. The van der Waals surface area contributed by atoms with Crippen LogP contribution in [0, 0.1) is 0 Å². The second-order valence-corrected chi connectivity index (χ2v) is 5.81. The summed E-state index contributed by atoms with van der Waals surface area (Å²) in [4.78, 5) is 14.4. The monoisotopic (exact) mass is 283 g/mol. The van der Waals surface area contributed by atoms with Gasteiger partial charge in [-0.15, -0.1) is 5.73 Å². The largest absolute Gasteiger partial charge is 0.375 e. The van der Waals surface area contributed by atoms with Gasteiger partial charge >= 0.3 is 0 Å². The van der Waals surface area contributed by atoms with Gasteiger partial charge in [0.05, 0.1) is 13.2 Å². The van der Waals surface area contributed by atoms with Crippen molar-refractivity contribution in [2.24, 2.45) is 0 Å². The van der Waals surface area contributed by atoms with Gasteiger partial charge in [-0.2, -0.15) is 0 Å². The Morgan fingerprint density at radius 1 is 1.29 bits per heavy atom. The van der Waals surface area contributed by atoms with Crippen LogP contribution in [-0.2, 0) is 16.1 Å². The van der Waals surface area contributed by atoms with Gasteiger partial charge in [0.2, 0.25) is 0 Å². The number of rotatable bonds is 4. The molecule has 0 saturated carbocycles. The van der Waals surface area contributed by atoms with Crippen LogP contribution in [0.15, 0.2) is 48.2 Å². The van der Waals surface area contributed by atoms with Gasteiger partial charge in [-0.1, -0.05) is 36.9 Å². The highest BCUT2D eigenvalue weighted by Gasteiger charge is 2.40. The van der Waals surface area contributed by atoms with Crippen molar-refractivity contribution >= 4 is 5.78 Å². The summed E-state index contributed by atoms with van der Waals surface area (Å²) in [5.74, 6) is 0.333. The third-order valence-corrected chi connectivity index (χ3v) is 4.44. The van der Waals surface area contributed by atoms with E-state index in [4.69, 9.17) is 4.74 Å². The lowest BCUT2D eigenvalue weighted by Crippen LogP contribution is -2.48. The molecule has 3 heteroatoms. The second-order valence-electron chi connectivity index (χ2n) is 5.81. The quantitative estimate of drug-likeness (QED) is 0.796. The highest BCUT2D eigenvalue weighted by Crippen LogP contribution is 2.32. The van der Waals surface area contributed by atoms with Crippen LogP contribution >= 0.6 is 0 Å². The van der Waals surface area contributed by atoms with Crippen molar-refractivity contribution in [3.8, 4) is 0 Å². The first-order valence-corrected chi connectivity index (χ1v) is 7.56. The van der Waals surface area contributed by atoms with E-state index in [0.717, 1.165) is 13.0 Å². The number of hydrogen-bond acceptors (Lipinski definition) is 3. The zero-order chi connectivity index (χ0) is 14.7. The molecule has 3 rings (SSSR count). The Hall–Kier alpha value is -1.67. The molecule has 0 radical (unpaired) electrons. The van der Waals surface area contributed by atoms with Crippen LogP contribution in [0.25, 0.3) is 0 Å². The van der Waals surface area contributed by atoms with Crippen molar-refractivity contribution in [3.63, 3.8) is 0 Å². The first-order chi connectivity index (χ1) is 10.3. The van der Waals surface area contributed by atoms with Gasteiger partial charge < -0.3 is 4.74 Å². The first kappa shape index (κ1) is 14.3. The minimum absolute atomic E-state index is 0.200. The molecular weight excluding hydrogens is 262 g/mol. The van der Waals surface area contributed by atoms with Crippen LogP contribution in [-0.4, -0.2) is 35.9 Å². The highest BCUT2D eigenvalue weighted by atomic mass is 16.5. The summed E-state index contributed by atoms with van der Waals surface area (Å²) in [6, 6.07) is 10.6. The van der Waals surface area contributed by atoms with Gasteiger partial charge in [-0.05, 0) is 17.6 Å². The van der Waals surface area contributed by atoms with E-state index < -0.39 is 0 Å². The number of carbonyl (C=O) groups excluding carboxylic acids is 1. The predicted molar refractivity (Wildman–Crippen MR) is 81.9 cm³/mol. The second kappa shape index (κ2) is 6.40. The molecule has 1 aromatic carbocycles. The lowest BCUT2D eigenvalue weighted by molar-refractivity contribution is -0.125. The molecule has 1 aromatic rings. The van der Waals surface area contributed by atoms with E-state index >= 15 is 0 Å². The van der Waals surface area contributed by atoms with Crippen LogP contribution < -0.4 is 0 Å². The molecule has 0 unspecified atom stereocenters. The molecule has 2 aliphatic heterocycles. The van der Waals surface area contributed by atoms with Crippen molar-refractivity contribution in [1.29, 1.82) is 0 Å². The van der Waals surface area contributed by atoms with E-state index in [1.54, 1.807) is 0 Å². The van der Waals surface area contributed by atoms with Gasteiger partial charge in [-0.25, -0.2) is 0 Å². The molecule has 2 aliphatic rings. The van der Waals surface area contributed by atoms with Crippen LogP contribution in [0.2, 0.25) is 0 Å². The van der Waals surface area contributed by atoms with Crippen molar-refractivity contribution < 1.29 is 9.53 Å². The Morgan fingerprint density at radius 3 is 2.86 bits per heavy atom. The average molecular weight is 283 g/mol. The molecule has 0 bridgehead atoms. The number of hydrogen-bond donors (Lipinski definition) is 0. The fourth-order valence-electron chi connectivity index (χ4n) is 3.38. The van der Waals surface area contributed by atoms with E-state index in [0.29, 0.717) is 31.8 Å². The van der Waals surface area contributed by atoms with Gasteiger partial charge in [0.1, 0.15) is 5.78 Å².